The zero-order valence-corrected chi connectivity index (χ0v) is 17.5. The molecule has 0 amide bonds. The maximum absolute atomic E-state index is 13.0. The topological polar surface area (TPSA) is 50.4 Å². The number of hydrogen-bond acceptors (Lipinski definition) is 2. The Morgan fingerprint density at radius 3 is 2.58 bits per heavy atom. The second-order valence-corrected chi connectivity index (χ2v) is 5.81. The minimum Gasteiger partial charge on any atom is -0.357 e. The molecule has 0 bridgehead atoms. The highest BCUT2D eigenvalue weighted by Crippen LogP contribution is 2.30. The number of aryl methyl sites for hydroxylation is 2. The van der Waals surface area contributed by atoms with E-state index in [-0.39, 0.29) is 36.1 Å². The van der Waals surface area contributed by atoms with E-state index in [9.17, 15) is 13.2 Å². The van der Waals surface area contributed by atoms with Gasteiger partial charge in [-0.05, 0) is 19.1 Å². The average Bonchev–Trinajstić information content (AvgIpc) is 3.09. The second kappa shape index (κ2) is 9.28. The number of nitrogens with zero attached hydrogens (tertiary/aromatic N) is 5. The van der Waals surface area contributed by atoms with Crippen molar-refractivity contribution in [2.75, 3.05) is 13.6 Å². The third-order valence-electron chi connectivity index (χ3n) is 3.72. The van der Waals surface area contributed by atoms with Crippen LogP contribution in [0.25, 0.3) is 0 Å². The maximum atomic E-state index is 13.0. The summed E-state index contributed by atoms with van der Waals surface area (Å²) in [6, 6.07) is 3.93. The summed E-state index contributed by atoms with van der Waals surface area (Å²) < 4.78 is 42.3. The fourth-order valence-electron chi connectivity index (χ4n) is 2.50. The lowest BCUT2D eigenvalue weighted by Gasteiger charge is -2.22. The van der Waals surface area contributed by atoms with Gasteiger partial charge in [-0.25, -0.2) is 4.99 Å². The van der Waals surface area contributed by atoms with Crippen LogP contribution in [0.5, 0.6) is 0 Å². The molecule has 2 rings (SSSR count). The minimum absolute atomic E-state index is 0. The SMILES string of the molecule is CCNC(=NCc1cn(C)nc1C(F)(F)F)N(C)Cc1cccn1C.I. The monoisotopic (exact) mass is 484 g/mol. The van der Waals surface area contributed by atoms with Crippen LogP contribution in [-0.4, -0.2) is 38.8 Å². The number of rotatable bonds is 5. The van der Waals surface area contributed by atoms with Gasteiger partial charge in [0.25, 0.3) is 0 Å². The van der Waals surface area contributed by atoms with Gasteiger partial charge >= 0.3 is 6.18 Å². The van der Waals surface area contributed by atoms with E-state index < -0.39 is 11.9 Å². The molecule has 0 atom stereocenters. The van der Waals surface area contributed by atoms with Gasteiger partial charge in [0.1, 0.15) is 0 Å². The molecule has 0 aliphatic rings. The molecule has 0 spiro atoms. The van der Waals surface area contributed by atoms with Crippen molar-refractivity contribution in [2.24, 2.45) is 19.1 Å². The number of guanidine groups is 1. The molecule has 6 nitrogen and oxygen atoms in total. The zero-order chi connectivity index (χ0) is 18.6. The smallest absolute Gasteiger partial charge is 0.357 e. The van der Waals surface area contributed by atoms with E-state index in [0.29, 0.717) is 19.0 Å². The first-order chi connectivity index (χ1) is 11.7. The molecule has 0 unspecified atom stereocenters. The Bertz CT molecular complexity index is 735. The van der Waals surface area contributed by atoms with Gasteiger partial charge in [-0.3, -0.25) is 4.68 Å². The molecule has 10 heteroatoms. The number of aliphatic imine (C=N–C) groups is 1. The molecule has 0 aliphatic heterocycles. The number of nitrogens with one attached hydrogen (secondary N) is 1. The molecule has 0 aliphatic carbocycles. The summed E-state index contributed by atoms with van der Waals surface area (Å²) in [4.78, 5) is 6.23. The van der Waals surface area contributed by atoms with E-state index >= 15 is 0 Å². The van der Waals surface area contributed by atoms with Crippen molar-refractivity contribution >= 4 is 29.9 Å². The van der Waals surface area contributed by atoms with E-state index in [1.165, 1.54) is 13.2 Å². The van der Waals surface area contributed by atoms with Crippen LogP contribution in [0.3, 0.4) is 0 Å². The van der Waals surface area contributed by atoms with Gasteiger partial charge in [-0.15, -0.1) is 24.0 Å². The summed E-state index contributed by atoms with van der Waals surface area (Å²) in [7, 11) is 5.26. The van der Waals surface area contributed by atoms with Gasteiger partial charge < -0.3 is 14.8 Å². The van der Waals surface area contributed by atoms with Gasteiger partial charge in [-0.2, -0.15) is 18.3 Å². The van der Waals surface area contributed by atoms with Crippen molar-refractivity contribution in [1.29, 1.82) is 0 Å². The van der Waals surface area contributed by atoms with Crippen LogP contribution in [0.1, 0.15) is 23.9 Å². The fraction of sp³-hybridized carbons (Fsp3) is 0.500. The highest BCUT2D eigenvalue weighted by Gasteiger charge is 2.36. The predicted octanol–water partition coefficient (Wildman–Crippen LogP) is 2.99. The Morgan fingerprint density at radius 1 is 1.35 bits per heavy atom. The van der Waals surface area contributed by atoms with Gasteiger partial charge in [0, 0.05) is 51.3 Å². The second-order valence-electron chi connectivity index (χ2n) is 5.81. The molecule has 0 saturated heterocycles. The summed E-state index contributed by atoms with van der Waals surface area (Å²) >= 11 is 0. The number of halogens is 4. The molecule has 0 fully saturated rings. The first-order valence-electron chi connectivity index (χ1n) is 7.91. The summed E-state index contributed by atoms with van der Waals surface area (Å²) in [6.45, 7) is 3.03. The molecule has 2 heterocycles. The molecule has 2 aromatic heterocycles. The first kappa shape index (κ1) is 22.3. The predicted molar refractivity (Wildman–Crippen MR) is 105 cm³/mol. The summed E-state index contributed by atoms with van der Waals surface area (Å²) in [5, 5.41) is 6.62. The number of alkyl halides is 3. The summed E-state index contributed by atoms with van der Waals surface area (Å²) in [5.41, 5.74) is 0.239. The Hall–Kier alpha value is -1.72. The maximum Gasteiger partial charge on any atom is 0.435 e. The van der Waals surface area contributed by atoms with Crippen molar-refractivity contribution < 1.29 is 13.2 Å². The largest absolute Gasteiger partial charge is 0.435 e. The highest BCUT2D eigenvalue weighted by molar-refractivity contribution is 14.0. The van der Waals surface area contributed by atoms with Gasteiger partial charge in [0.05, 0.1) is 13.1 Å². The average molecular weight is 484 g/mol. The number of hydrogen-bond donors (Lipinski definition) is 1. The van der Waals surface area contributed by atoms with Gasteiger partial charge in [-0.1, -0.05) is 0 Å². The molecule has 1 N–H and O–H groups in total. The van der Waals surface area contributed by atoms with Crippen LogP contribution in [0, 0.1) is 0 Å². The van der Waals surface area contributed by atoms with Crippen molar-refractivity contribution in [3.63, 3.8) is 0 Å². The van der Waals surface area contributed by atoms with E-state index in [0.717, 1.165) is 10.4 Å². The quantitative estimate of drug-likeness (QED) is 0.404. The highest BCUT2D eigenvalue weighted by atomic mass is 127. The summed E-state index contributed by atoms with van der Waals surface area (Å²) in [5.74, 6) is 0.542. The standard InChI is InChI=1S/C16H23F3N6.HI/c1-5-20-15(24(3)11-13-7-6-8-23(13)2)21-9-12-10-25(4)22-14(12)16(17,18)19;/h6-8,10H,5,9,11H2,1-4H3,(H,20,21);1H. The first-order valence-corrected chi connectivity index (χ1v) is 7.91. The summed E-state index contributed by atoms with van der Waals surface area (Å²) in [6.07, 6.45) is -1.19. The van der Waals surface area contributed by atoms with E-state index in [1.807, 2.05) is 48.8 Å². The molecular formula is C16H24F3IN6. The molecule has 2 aromatic rings. The minimum atomic E-state index is -4.49. The van der Waals surface area contributed by atoms with E-state index in [4.69, 9.17) is 0 Å². The molecule has 26 heavy (non-hydrogen) atoms. The third kappa shape index (κ3) is 5.64. The fourth-order valence-corrected chi connectivity index (χ4v) is 2.50. The Morgan fingerprint density at radius 2 is 2.04 bits per heavy atom. The Labute approximate surface area is 168 Å². The van der Waals surface area contributed by atoms with Crippen molar-refractivity contribution in [3.8, 4) is 0 Å². The van der Waals surface area contributed by atoms with E-state index in [1.54, 1.807) is 0 Å². The lowest BCUT2D eigenvalue weighted by Crippen LogP contribution is -2.38. The zero-order valence-electron chi connectivity index (χ0n) is 15.2. The van der Waals surface area contributed by atoms with E-state index in [2.05, 4.69) is 15.4 Å². The Kier molecular flexibility index (Phi) is 7.97. The van der Waals surface area contributed by atoms with Crippen molar-refractivity contribution in [2.45, 2.75) is 26.2 Å². The van der Waals surface area contributed by atoms with Gasteiger partial charge in [0.2, 0.25) is 0 Å². The van der Waals surface area contributed by atoms with Crippen LogP contribution in [-0.2, 0) is 33.4 Å². The van der Waals surface area contributed by atoms with Gasteiger partial charge in [0.15, 0.2) is 11.7 Å². The normalized spacial score (nSPS) is 12.0. The Balaban J connectivity index is 0.00000338. The van der Waals surface area contributed by atoms with Crippen molar-refractivity contribution in [1.82, 2.24) is 24.6 Å². The molecule has 146 valence electrons. The van der Waals surface area contributed by atoms with Crippen LogP contribution < -0.4 is 5.32 Å². The molecule has 0 saturated carbocycles. The van der Waals surface area contributed by atoms with Crippen LogP contribution >= 0.6 is 24.0 Å². The van der Waals surface area contributed by atoms with Crippen LogP contribution in [0.15, 0.2) is 29.5 Å². The lowest BCUT2D eigenvalue weighted by atomic mass is 10.2. The van der Waals surface area contributed by atoms with Crippen LogP contribution in [0.2, 0.25) is 0 Å². The third-order valence-corrected chi connectivity index (χ3v) is 3.72. The van der Waals surface area contributed by atoms with Crippen LogP contribution in [0.4, 0.5) is 13.2 Å². The van der Waals surface area contributed by atoms with Crippen molar-refractivity contribution in [3.05, 3.63) is 41.5 Å². The molecule has 0 radical (unpaired) electrons. The number of aromatic nitrogens is 3. The molecule has 0 aromatic carbocycles. The molecular weight excluding hydrogens is 460 g/mol. The lowest BCUT2D eigenvalue weighted by molar-refractivity contribution is -0.142.